The Labute approximate surface area is 173 Å². The number of pyridine rings is 1. The van der Waals surface area contributed by atoms with Gasteiger partial charge >= 0.3 is 0 Å². The maximum absolute atomic E-state index is 12.6. The number of nitrogens with zero attached hydrogens (tertiary/aromatic N) is 3. The molecule has 156 valence electrons. The van der Waals surface area contributed by atoms with E-state index in [1.54, 1.807) is 17.2 Å². The zero-order chi connectivity index (χ0) is 20.5. The Bertz CT molecular complexity index is 1030. The van der Waals surface area contributed by atoms with Crippen LogP contribution in [0.4, 0.5) is 0 Å². The standard InChI is InChI=1S/C22H23N3O5/c1-14-7-16(30-24-14)8-22(26)25-10-20-21(11-25)28-13-17(12-27-20)29-19-4-2-3-15-9-23-6-5-18(15)19/h2-7,9,17,20-21H,8,10-13H2,1H3/t20-,21-/m0/s1. The minimum absolute atomic E-state index is 0.0106. The van der Waals surface area contributed by atoms with E-state index < -0.39 is 0 Å². The molecule has 30 heavy (non-hydrogen) atoms. The van der Waals surface area contributed by atoms with Crippen molar-refractivity contribution in [3.8, 4) is 5.75 Å². The zero-order valence-corrected chi connectivity index (χ0v) is 16.7. The monoisotopic (exact) mass is 409 g/mol. The first-order valence-electron chi connectivity index (χ1n) is 10.1. The van der Waals surface area contributed by atoms with E-state index in [9.17, 15) is 4.79 Å². The molecule has 2 aromatic heterocycles. The number of benzene rings is 1. The van der Waals surface area contributed by atoms with Gasteiger partial charge in [0.1, 0.15) is 29.8 Å². The second-order valence-electron chi connectivity index (χ2n) is 7.75. The summed E-state index contributed by atoms with van der Waals surface area (Å²) in [5, 5.41) is 5.87. The third-order valence-corrected chi connectivity index (χ3v) is 5.50. The molecule has 5 rings (SSSR count). The molecule has 0 radical (unpaired) electrons. The summed E-state index contributed by atoms with van der Waals surface area (Å²) >= 11 is 0. The summed E-state index contributed by atoms with van der Waals surface area (Å²) < 4.78 is 23.5. The molecule has 0 unspecified atom stereocenters. The van der Waals surface area contributed by atoms with Crippen LogP contribution in [0.1, 0.15) is 11.5 Å². The van der Waals surface area contributed by atoms with Crippen molar-refractivity contribution in [3.63, 3.8) is 0 Å². The van der Waals surface area contributed by atoms with Crippen LogP contribution in [0.25, 0.3) is 10.8 Å². The van der Waals surface area contributed by atoms with Gasteiger partial charge < -0.3 is 23.6 Å². The van der Waals surface area contributed by atoms with Crippen molar-refractivity contribution in [1.82, 2.24) is 15.0 Å². The van der Waals surface area contributed by atoms with E-state index in [0.29, 0.717) is 32.1 Å². The van der Waals surface area contributed by atoms with Gasteiger partial charge in [-0.3, -0.25) is 9.78 Å². The molecule has 0 saturated carbocycles. The topological polar surface area (TPSA) is 86.9 Å². The van der Waals surface area contributed by atoms with Gasteiger partial charge in [0.25, 0.3) is 0 Å². The lowest BCUT2D eigenvalue weighted by Crippen LogP contribution is -2.33. The van der Waals surface area contributed by atoms with Crippen molar-refractivity contribution < 1.29 is 23.5 Å². The van der Waals surface area contributed by atoms with Crippen LogP contribution in [-0.2, 0) is 20.7 Å². The first kappa shape index (κ1) is 19.0. The number of ether oxygens (including phenoxy) is 3. The molecule has 2 atom stereocenters. The first-order valence-corrected chi connectivity index (χ1v) is 10.1. The third kappa shape index (κ3) is 3.88. The molecular formula is C22H23N3O5. The molecule has 1 aromatic carbocycles. The second-order valence-corrected chi connectivity index (χ2v) is 7.75. The quantitative estimate of drug-likeness (QED) is 0.652. The predicted molar refractivity (Wildman–Crippen MR) is 107 cm³/mol. The van der Waals surface area contributed by atoms with E-state index in [-0.39, 0.29) is 30.6 Å². The Balaban J connectivity index is 1.19. The second kappa shape index (κ2) is 8.04. The average molecular weight is 409 g/mol. The van der Waals surface area contributed by atoms with Crippen LogP contribution < -0.4 is 4.74 Å². The van der Waals surface area contributed by atoms with Crippen LogP contribution in [0, 0.1) is 6.92 Å². The number of carbonyl (C=O) groups excluding carboxylic acids is 1. The average Bonchev–Trinajstić information content (AvgIpc) is 3.31. The molecule has 2 fully saturated rings. The van der Waals surface area contributed by atoms with Gasteiger partial charge in [-0.15, -0.1) is 0 Å². The van der Waals surface area contributed by atoms with Crippen molar-refractivity contribution in [2.45, 2.75) is 31.7 Å². The summed E-state index contributed by atoms with van der Waals surface area (Å²) in [6.07, 6.45) is 3.24. The van der Waals surface area contributed by atoms with Gasteiger partial charge in [-0.25, -0.2) is 0 Å². The molecule has 3 aromatic rings. The van der Waals surface area contributed by atoms with Crippen LogP contribution in [0.5, 0.6) is 5.75 Å². The van der Waals surface area contributed by atoms with Gasteiger partial charge in [0.15, 0.2) is 0 Å². The number of fused-ring (bicyclic) bond motifs is 2. The molecular weight excluding hydrogens is 386 g/mol. The number of hydrogen-bond acceptors (Lipinski definition) is 7. The first-order chi connectivity index (χ1) is 14.7. The Kier molecular flexibility index (Phi) is 5.10. The molecule has 0 N–H and O–H groups in total. The van der Waals surface area contributed by atoms with Crippen molar-refractivity contribution >= 4 is 16.7 Å². The summed E-state index contributed by atoms with van der Waals surface area (Å²) in [4.78, 5) is 18.5. The predicted octanol–water partition coefficient (Wildman–Crippen LogP) is 2.15. The summed E-state index contributed by atoms with van der Waals surface area (Å²) in [6.45, 7) is 3.66. The molecule has 2 aliphatic rings. The Hall–Kier alpha value is -2.97. The minimum Gasteiger partial charge on any atom is -0.485 e. The Morgan fingerprint density at radius 3 is 2.73 bits per heavy atom. The van der Waals surface area contributed by atoms with Crippen LogP contribution in [0.3, 0.4) is 0 Å². The van der Waals surface area contributed by atoms with Gasteiger partial charge in [-0.05, 0) is 19.1 Å². The van der Waals surface area contributed by atoms with Crippen molar-refractivity contribution in [2.24, 2.45) is 0 Å². The Morgan fingerprint density at radius 2 is 2.00 bits per heavy atom. The fourth-order valence-electron chi connectivity index (χ4n) is 3.98. The molecule has 4 heterocycles. The van der Waals surface area contributed by atoms with Crippen molar-refractivity contribution in [3.05, 3.63) is 54.2 Å². The maximum atomic E-state index is 12.6. The fourth-order valence-corrected chi connectivity index (χ4v) is 3.98. The maximum Gasteiger partial charge on any atom is 0.230 e. The van der Waals surface area contributed by atoms with E-state index in [0.717, 1.165) is 22.2 Å². The Morgan fingerprint density at radius 1 is 1.20 bits per heavy atom. The lowest BCUT2D eigenvalue weighted by molar-refractivity contribution is -0.130. The van der Waals surface area contributed by atoms with Gasteiger partial charge in [0, 0.05) is 42.3 Å². The summed E-state index contributed by atoms with van der Waals surface area (Å²) in [7, 11) is 0. The highest BCUT2D eigenvalue weighted by molar-refractivity contribution is 5.87. The van der Waals surface area contributed by atoms with Gasteiger partial charge in [-0.2, -0.15) is 0 Å². The van der Waals surface area contributed by atoms with Gasteiger partial charge in [0.2, 0.25) is 5.91 Å². The van der Waals surface area contributed by atoms with Crippen LogP contribution >= 0.6 is 0 Å². The van der Waals surface area contributed by atoms with Crippen molar-refractivity contribution in [1.29, 1.82) is 0 Å². The van der Waals surface area contributed by atoms with E-state index in [1.165, 1.54) is 0 Å². The van der Waals surface area contributed by atoms with E-state index in [4.69, 9.17) is 18.7 Å². The number of carbonyl (C=O) groups is 1. The number of aryl methyl sites for hydroxylation is 1. The molecule has 1 amide bonds. The zero-order valence-electron chi connectivity index (χ0n) is 16.7. The molecule has 8 heteroatoms. The highest BCUT2D eigenvalue weighted by atomic mass is 16.6. The van der Waals surface area contributed by atoms with E-state index in [1.807, 2.05) is 37.4 Å². The van der Waals surface area contributed by atoms with Gasteiger partial charge in [-0.1, -0.05) is 17.3 Å². The smallest absolute Gasteiger partial charge is 0.230 e. The number of likely N-dealkylation sites (tertiary alicyclic amines) is 1. The number of hydrogen-bond donors (Lipinski definition) is 0. The van der Waals surface area contributed by atoms with E-state index >= 15 is 0 Å². The summed E-state index contributed by atoms with van der Waals surface area (Å²) in [6, 6.07) is 9.62. The van der Waals surface area contributed by atoms with E-state index in [2.05, 4.69) is 10.1 Å². The molecule has 0 bridgehead atoms. The van der Waals surface area contributed by atoms with Crippen LogP contribution in [-0.4, -0.2) is 65.6 Å². The SMILES string of the molecule is Cc1cc(CC(=O)N2C[C@@H]3OCC(Oc4cccc5cnccc45)CO[C@H]3C2)on1. The third-order valence-electron chi connectivity index (χ3n) is 5.50. The van der Waals surface area contributed by atoms with Crippen LogP contribution in [0.15, 0.2) is 47.2 Å². The lowest BCUT2D eigenvalue weighted by Gasteiger charge is -2.20. The minimum atomic E-state index is -0.212. The number of aromatic nitrogens is 2. The summed E-state index contributed by atoms with van der Waals surface area (Å²) in [5.41, 5.74) is 0.768. The molecule has 8 nitrogen and oxygen atoms in total. The molecule has 2 saturated heterocycles. The van der Waals surface area contributed by atoms with Crippen LogP contribution in [0.2, 0.25) is 0 Å². The lowest BCUT2D eigenvalue weighted by atomic mass is 10.1. The fraction of sp³-hybridized carbons (Fsp3) is 0.409. The largest absolute Gasteiger partial charge is 0.485 e. The highest BCUT2D eigenvalue weighted by Gasteiger charge is 2.39. The van der Waals surface area contributed by atoms with Gasteiger partial charge in [0.05, 0.1) is 25.3 Å². The molecule has 0 spiro atoms. The highest BCUT2D eigenvalue weighted by Crippen LogP contribution is 2.27. The number of amides is 1. The number of rotatable bonds is 4. The molecule has 2 aliphatic heterocycles. The molecule has 0 aliphatic carbocycles. The summed E-state index contributed by atoms with van der Waals surface area (Å²) in [5.74, 6) is 1.35. The van der Waals surface area contributed by atoms with Crippen molar-refractivity contribution in [2.75, 3.05) is 26.3 Å². The normalized spacial score (nSPS) is 22.1.